The Morgan fingerprint density at radius 1 is 1.28 bits per heavy atom. The molecule has 0 unspecified atom stereocenters. The molecule has 2 amide bonds. The summed E-state index contributed by atoms with van der Waals surface area (Å²) in [6.45, 7) is 1.07. The van der Waals surface area contributed by atoms with E-state index < -0.39 is 0 Å². The van der Waals surface area contributed by atoms with E-state index in [2.05, 4.69) is 26.2 Å². The van der Waals surface area contributed by atoms with Gasteiger partial charge in [-0.05, 0) is 49.2 Å². The number of benzene rings is 1. The zero-order chi connectivity index (χ0) is 20.8. The average Bonchev–Trinajstić information content (AvgIpc) is 2.74. The highest BCUT2D eigenvalue weighted by molar-refractivity contribution is 9.10. The van der Waals surface area contributed by atoms with E-state index in [4.69, 9.17) is 16.3 Å². The molecule has 0 spiro atoms. The molecule has 1 aliphatic heterocycles. The van der Waals surface area contributed by atoms with Crippen LogP contribution in [0, 0.1) is 5.92 Å². The molecular formula is C21H21BrClN3O3. The van der Waals surface area contributed by atoms with Gasteiger partial charge in [-0.3, -0.25) is 9.59 Å². The highest BCUT2D eigenvalue weighted by Crippen LogP contribution is 2.25. The van der Waals surface area contributed by atoms with Crippen LogP contribution in [0.1, 0.15) is 18.4 Å². The van der Waals surface area contributed by atoms with Gasteiger partial charge in [-0.1, -0.05) is 27.5 Å². The smallest absolute Gasteiger partial charge is 0.246 e. The number of likely N-dealkylation sites (tertiary alicyclic amines) is 1. The zero-order valence-electron chi connectivity index (χ0n) is 15.9. The van der Waals surface area contributed by atoms with Gasteiger partial charge in [-0.25, -0.2) is 4.98 Å². The number of amides is 2. The summed E-state index contributed by atoms with van der Waals surface area (Å²) in [5.41, 5.74) is 0.819. The number of carbonyl (C=O) groups excluding carboxylic acids is 2. The SMILES string of the molecule is COc1ccc(Br)cc1/C=C/C(=O)N1CCC(C(=O)Nc2ccc(Cl)cn2)CC1. The molecule has 3 rings (SSSR count). The molecule has 1 N–H and O–H groups in total. The van der Waals surface area contributed by atoms with Gasteiger partial charge in [0.05, 0.1) is 12.1 Å². The van der Waals surface area contributed by atoms with Gasteiger partial charge in [0.2, 0.25) is 11.8 Å². The third-order valence-electron chi connectivity index (χ3n) is 4.75. The highest BCUT2D eigenvalue weighted by Gasteiger charge is 2.26. The van der Waals surface area contributed by atoms with Crippen LogP contribution >= 0.6 is 27.5 Å². The van der Waals surface area contributed by atoms with E-state index in [1.807, 2.05) is 18.2 Å². The Hall–Kier alpha value is -2.38. The molecule has 1 aromatic heterocycles. The van der Waals surface area contributed by atoms with Crippen molar-refractivity contribution < 1.29 is 14.3 Å². The summed E-state index contributed by atoms with van der Waals surface area (Å²) in [7, 11) is 1.60. The van der Waals surface area contributed by atoms with Crippen LogP contribution in [0.25, 0.3) is 6.08 Å². The Balaban J connectivity index is 1.53. The predicted molar refractivity (Wildman–Crippen MR) is 117 cm³/mol. The molecule has 0 radical (unpaired) electrons. The van der Waals surface area contributed by atoms with Crippen molar-refractivity contribution in [2.75, 3.05) is 25.5 Å². The van der Waals surface area contributed by atoms with Gasteiger partial charge in [0.1, 0.15) is 11.6 Å². The minimum atomic E-state index is -0.148. The number of anilines is 1. The maximum absolute atomic E-state index is 12.5. The minimum absolute atomic E-state index is 0.0785. The Morgan fingerprint density at radius 3 is 2.69 bits per heavy atom. The third kappa shape index (κ3) is 5.81. The number of hydrogen-bond donors (Lipinski definition) is 1. The molecule has 0 aliphatic carbocycles. The van der Waals surface area contributed by atoms with Crippen LogP contribution in [0.2, 0.25) is 5.02 Å². The maximum Gasteiger partial charge on any atom is 0.246 e. The number of nitrogens with one attached hydrogen (secondary N) is 1. The standard InChI is InChI=1S/C21H21BrClN3O3/c1-29-18-5-3-16(22)12-15(18)2-7-20(27)26-10-8-14(9-11-26)21(28)25-19-6-4-17(23)13-24-19/h2-7,12-14H,8-11H2,1H3,(H,24,25,28)/b7-2+. The second-order valence-electron chi connectivity index (χ2n) is 6.67. The van der Waals surface area contributed by atoms with Crippen molar-refractivity contribution in [2.45, 2.75) is 12.8 Å². The number of pyridine rings is 1. The minimum Gasteiger partial charge on any atom is -0.496 e. The van der Waals surface area contributed by atoms with Crippen LogP contribution < -0.4 is 10.1 Å². The van der Waals surface area contributed by atoms with Crippen molar-refractivity contribution in [3.8, 4) is 5.75 Å². The second-order valence-corrected chi connectivity index (χ2v) is 8.02. The number of methoxy groups -OCH3 is 1. The topological polar surface area (TPSA) is 71.5 Å². The van der Waals surface area contributed by atoms with E-state index in [-0.39, 0.29) is 17.7 Å². The summed E-state index contributed by atoms with van der Waals surface area (Å²) in [6, 6.07) is 8.96. The average molecular weight is 479 g/mol. The first-order valence-electron chi connectivity index (χ1n) is 9.19. The van der Waals surface area contributed by atoms with Crippen molar-refractivity contribution in [3.05, 3.63) is 57.7 Å². The number of hydrogen-bond acceptors (Lipinski definition) is 4. The van der Waals surface area contributed by atoms with Gasteiger partial charge >= 0.3 is 0 Å². The molecule has 29 heavy (non-hydrogen) atoms. The maximum atomic E-state index is 12.5. The summed E-state index contributed by atoms with van der Waals surface area (Å²) in [6.07, 6.45) is 6.00. The van der Waals surface area contributed by atoms with Crippen molar-refractivity contribution >= 4 is 51.2 Å². The lowest BCUT2D eigenvalue weighted by atomic mass is 9.96. The van der Waals surface area contributed by atoms with Gasteiger partial charge in [-0.2, -0.15) is 0 Å². The van der Waals surface area contributed by atoms with Crippen LogP contribution in [-0.2, 0) is 9.59 Å². The van der Waals surface area contributed by atoms with E-state index in [1.54, 1.807) is 36.3 Å². The van der Waals surface area contributed by atoms with E-state index >= 15 is 0 Å². The number of rotatable bonds is 5. The first-order chi connectivity index (χ1) is 14.0. The van der Waals surface area contributed by atoms with Crippen LogP contribution in [-0.4, -0.2) is 41.9 Å². The Kier molecular flexibility index (Phi) is 7.28. The molecule has 8 heteroatoms. The normalized spacial score (nSPS) is 14.8. The van der Waals surface area contributed by atoms with Crippen LogP contribution in [0.15, 0.2) is 47.1 Å². The lowest BCUT2D eigenvalue weighted by molar-refractivity contribution is -0.130. The second kappa shape index (κ2) is 9.89. The molecule has 0 atom stereocenters. The molecule has 0 bridgehead atoms. The lowest BCUT2D eigenvalue weighted by Crippen LogP contribution is -2.40. The van der Waals surface area contributed by atoms with Gasteiger partial charge in [0.25, 0.3) is 0 Å². The summed E-state index contributed by atoms with van der Waals surface area (Å²) < 4.78 is 6.23. The fourth-order valence-corrected chi connectivity index (χ4v) is 3.63. The fraction of sp³-hybridized carbons (Fsp3) is 0.286. The van der Waals surface area contributed by atoms with E-state index in [1.165, 1.54) is 6.20 Å². The van der Waals surface area contributed by atoms with Gasteiger partial charge in [0.15, 0.2) is 0 Å². The summed E-state index contributed by atoms with van der Waals surface area (Å²) in [5, 5.41) is 3.32. The number of aromatic nitrogens is 1. The van der Waals surface area contributed by atoms with Crippen LogP contribution in [0.3, 0.4) is 0 Å². The lowest BCUT2D eigenvalue weighted by Gasteiger charge is -2.30. The summed E-state index contributed by atoms with van der Waals surface area (Å²) in [4.78, 5) is 30.8. The number of carbonyl (C=O) groups is 2. The molecule has 2 heterocycles. The molecule has 1 fully saturated rings. The quantitative estimate of drug-likeness (QED) is 0.647. The first-order valence-corrected chi connectivity index (χ1v) is 10.4. The number of halogens is 2. The molecule has 152 valence electrons. The monoisotopic (exact) mass is 477 g/mol. The Labute approximate surface area is 183 Å². The predicted octanol–water partition coefficient (Wildman–Crippen LogP) is 4.40. The summed E-state index contributed by atoms with van der Waals surface area (Å²) >= 11 is 9.23. The zero-order valence-corrected chi connectivity index (χ0v) is 18.2. The highest BCUT2D eigenvalue weighted by atomic mass is 79.9. The Bertz CT molecular complexity index is 910. The molecule has 2 aromatic rings. The van der Waals surface area contributed by atoms with Crippen molar-refractivity contribution in [3.63, 3.8) is 0 Å². The third-order valence-corrected chi connectivity index (χ3v) is 5.47. The van der Waals surface area contributed by atoms with Gasteiger partial charge in [-0.15, -0.1) is 0 Å². The molecular weight excluding hydrogens is 458 g/mol. The van der Waals surface area contributed by atoms with E-state index in [0.29, 0.717) is 42.5 Å². The van der Waals surface area contributed by atoms with E-state index in [0.717, 1.165) is 10.0 Å². The first kappa shape index (κ1) is 21.3. The van der Waals surface area contributed by atoms with Gasteiger partial charge < -0.3 is 15.0 Å². The summed E-state index contributed by atoms with van der Waals surface area (Å²) in [5.74, 6) is 0.865. The van der Waals surface area contributed by atoms with Crippen LogP contribution in [0.4, 0.5) is 5.82 Å². The fourth-order valence-electron chi connectivity index (χ4n) is 3.14. The molecule has 6 nitrogen and oxygen atoms in total. The molecule has 1 aromatic carbocycles. The molecule has 1 saturated heterocycles. The van der Waals surface area contributed by atoms with Crippen molar-refractivity contribution in [2.24, 2.45) is 5.92 Å². The number of ether oxygens (including phenoxy) is 1. The van der Waals surface area contributed by atoms with Crippen molar-refractivity contribution in [1.29, 1.82) is 0 Å². The number of piperidine rings is 1. The largest absolute Gasteiger partial charge is 0.496 e. The van der Waals surface area contributed by atoms with E-state index in [9.17, 15) is 9.59 Å². The van der Waals surface area contributed by atoms with Gasteiger partial charge in [0, 0.05) is 41.3 Å². The Morgan fingerprint density at radius 2 is 2.03 bits per heavy atom. The molecule has 0 saturated carbocycles. The molecule has 1 aliphatic rings. The van der Waals surface area contributed by atoms with Crippen LogP contribution in [0.5, 0.6) is 5.75 Å². The number of nitrogens with zero attached hydrogens (tertiary/aromatic N) is 2. The van der Waals surface area contributed by atoms with Crippen molar-refractivity contribution in [1.82, 2.24) is 9.88 Å².